The van der Waals surface area contributed by atoms with E-state index in [9.17, 15) is 8.94 Å². The minimum atomic E-state index is -1.50. The molecule has 25 heavy (non-hydrogen) atoms. The van der Waals surface area contributed by atoms with Crippen molar-refractivity contribution >= 4 is 17.1 Å². The van der Waals surface area contributed by atoms with E-state index in [-0.39, 0.29) is 18.9 Å². The van der Waals surface area contributed by atoms with Crippen LogP contribution < -0.4 is 9.47 Å². The SMILES string of the molecule is CC(=N[S+]([O-])C(C)(C)C)c1cc(F)cc2c1OC(C)(CN=[N+]=[N-])CO2. The molecule has 1 aliphatic heterocycles. The fourth-order valence-corrected chi connectivity index (χ4v) is 2.75. The molecule has 1 aromatic rings. The molecule has 1 aromatic carbocycles. The van der Waals surface area contributed by atoms with Crippen LogP contribution in [0.25, 0.3) is 10.4 Å². The lowest BCUT2D eigenvalue weighted by atomic mass is 10.0. The molecule has 0 bridgehead atoms. The van der Waals surface area contributed by atoms with E-state index >= 15 is 0 Å². The van der Waals surface area contributed by atoms with Gasteiger partial charge in [0.15, 0.2) is 11.5 Å². The number of ether oxygens (including phenoxy) is 2. The summed E-state index contributed by atoms with van der Waals surface area (Å²) in [5.41, 5.74) is 8.38. The highest BCUT2D eigenvalue weighted by Gasteiger charge is 2.35. The van der Waals surface area contributed by atoms with Crippen LogP contribution in [0.1, 0.15) is 40.2 Å². The normalized spacial score (nSPS) is 21.5. The van der Waals surface area contributed by atoms with Crippen molar-refractivity contribution in [3.05, 3.63) is 34.0 Å². The van der Waals surface area contributed by atoms with Crippen LogP contribution in [-0.4, -0.2) is 33.8 Å². The number of benzene rings is 1. The average Bonchev–Trinajstić information content (AvgIpc) is 2.52. The van der Waals surface area contributed by atoms with E-state index < -0.39 is 27.5 Å². The minimum Gasteiger partial charge on any atom is -0.591 e. The molecule has 0 aromatic heterocycles. The van der Waals surface area contributed by atoms with Gasteiger partial charge in [0.2, 0.25) is 0 Å². The Morgan fingerprint density at radius 2 is 2.16 bits per heavy atom. The highest BCUT2D eigenvalue weighted by molar-refractivity contribution is 7.91. The summed E-state index contributed by atoms with van der Waals surface area (Å²) in [6, 6.07) is 2.49. The molecule has 0 spiro atoms. The van der Waals surface area contributed by atoms with Crippen LogP contribution in [0.4, 0.5) is 4.39 Å². The first-order valence-electron chi connectivity index (χ1n) is 7.70. The average molecular weight is 368 g/mol. The molecule has 136 valence electrons. The quantitative estimate of drug-likeness (QED) is 0.264. The number of hydrogen-bond acceptors (Lipinski definition) is 5. The standard InChI is InChI=1S/C16H21FN4O3S/c1-10(20-25(22)15(2,3)4)12-6-11(17)7-13-14(12)24-16(5,9-23-13)8-19-21-18/h6-7H,8-9H2,1-5H3. The van der Waals surface area contributed by atoms with Crippen molar-refractivity contribution in [2.75, 3.05) is 13.2 Å². The van der Waals surface area contributed by atoms with Gasteiger partial charge < -0.3 is 14.0 Å². The maximum Gasteiger partial charge on any atom is 0.171 e. The zero-order chi connectivity index (χ0) is 18.8. The molecular formula is C16H21FN4O3S. The summed E-state index contributed by atoms with van der Waals surface area (Å²) in [5, 5.41) is 3.54. The van der Waals surface area contributed by atoms with Gasteiger partial charge in [-0.2, -0.15) is 0 Å². The Bertz CT molecular complexity index is 744. The Kier molecular flexibility index (Phi) is 5.51. The summed E-state index contributed by atoms with van der Waals surface area (Å²) in [7, 11) is 0. The van der Waals surface area contributed by atoms with E-state index in [0.29, 0.717) is 17.0 Å². The lowest BCUT2D eigenvalue weighted by molar-refractivity contribution is 0.0130. The van der Waals surface area contributed by atoms with E-state index in [1.807, 2.05) is 0 Å². The topological polar surface area (TPSA) is 103 Å². The smallest absolute Gasteiger partial charge is 0.171 e. The van der Waals surface area contributed by atoms with Crippen molar-refractivity contribution < 1.29 is 18.4 Å². The Morgan fingerprint density at radius 1 is 1.48 bits per heavy atom. The first kappa shape index (κ1) is 19.4. The summed E-state index contributed by atoms with van der Waals surface area (Å²) >= 11 is -1.50. The molecule has 2 atom stereocenters. The van der Waals surface area contributed by atoms with Crippen molar-refractivity contribution in [2.45, 2.75) is 45.0 Å². The molecule has 0 N–H and O–H groups in total. The van der Waals surface area contributed by atoms with Crippen LogP contribution in [0.3, 0.4) is 0 Å². The van der Waals surface area contributed by atoms with Crippen molar-refractivity contribution in [3.8, 4) is 11.5 Å². The molecule has 0 aliphatic carbocycles. The van der Waals surface area contributed by atoms with Gasteiger partial charge in [-0.05, 0) is 46.2 Å². The van der Waals surface area contributed by atoms with Crippen molar-refractivity contribution in [3.63, 3.8) is 0 Å². The second-order valence-corrected chi connectivity index (χ2v) is 8.95. The molecule has 1 aliphatic rings. The summed E-state index contributed by atoms with van der Waals surface area (Å²) in [6.45, 7) is 8.96. The number of nitrogens with zero attached hydrogens (tertiary/aromatic N) is 4. The molecule has 2 unspecified atom stereocenters. The molecular weight excluding hydrogens is 347 g/mol. The van der Waals surface area contributed by atoms with Crippen LogP contribution >= 0.6 is 0 Å². The lowest BCUT2D eigenvalue weighted by Crippen LogP contribution is -2.45. The number of fused-ring (bicyclic) bond motifs is 1. The van der Waals surface area contributed by atoms with E-state index in [1.54, 1.807) is 34.6 Å². The fourth-order valence-electron chi connectivity index (χ4n) is 2.13. The van der Waals surface area contributed by atoms with E-state index in [0.717, 1.165) is 0 Å². The second-order valence-electron chi connectivity index (χ2n) is 7.05. The summed E-state index contributed by atoms with van der Waals surface area (Å²) in [4.78, 5) is 2.73. The predicted octanol–water partition coefficient (Wildman–Crippen LogP) is 3.94. The van der Waals surface area contributed by atoms with Crippen molar-refractivity contribution in [1.82, 2.24) is 0 Å². The van der Waals surface area contributed by atoms with Gasteiger partial charge in [-0.25, -0.2) is 4.39 Å². The van der Waals surface area contributed by atoms with Gasteiger partial charge in [-0.1, -0.05) is 9.51 Å². The number of azide groups is 1. The Hall–Kier alpha value is -1.96. The molecule has 0 saturated heterocycles. The van der Waals surface area contributed by atoms with Crippen LogP contribution in [0.2, 0.25) is 0 Å². The zero-order valence-electron chi connectivity index (χ0n) is 14.9. The van der Waals surface area contributed by atoms with Gasteiger partial charge in [-0.3, -0.25) is 0 Å². The fraction of sp³-hybridized carbons (Fsp3) is 0.562. The number of halogens is 1. The van der Waals surface area contributed by atoms with Gasteiger partial charge in [0.1, 0.15) is 34.1 Å². The molecule has 1 heterocycles. The highest BCUT2D eigenvalue weighted by atomic mass is 32.2. The molecule has 9 heteroatoms. The molecule has 0 radical (unpaired) electrons. The van der Waals surface area contributed by atoms with Crippen molar-refractivity contribution in [2.24, 2.45) is 9.51 Å². The van der Waals surface area contributed by atoms with Crippen LogP contribution in [-0.2, 0) is 11.4 Å². The Balaban J connectivity index is 2.46. The molecule has 2 rings (SSSR count). The maximum atomic E-state index is 13.9. The number of hydrogen-bond donors (Lipinski definition) is 0. The van der Waals surface area contributed by atoms with Gasteiger partial charge in [0, 0.05) is 16.5 Å². The van der Waals surface area contributed by atoms with Crippen LogP contribution in [0.15, 0.2) is 21.6 Å². The Labute approximate surface area is 149 Å². The van der Waals surface area contributed by atoms with E-state index in [4.69, 9.17) is 15.0 Å². The first-order chi connectivity index (χ1) is 11.6. The van der Waals surface area contributed by atoms with E-state index in [2.05, 4.69) is 14.4 Å². The third kappa shape index (κ3) is 4.56. The van der Waals surface area contributed by atoms with Crippen LogP contribution in [0, 0.1) is 5.82 Å². The lowest BCUT2D eigenvalue weighted by Gasteiger charge is -2.35. The largest absolute Gasteiger partial charge is 0.591 e. The first-order valence-corrected chi connectivity index (χ1v) is 8.80. The molecule has 0 saturated carbocycles. The van der Waals surface area contributed by atoms with Crippen molar-refractivity contribution in [1.29, 1.82) is 0 Å². The summed E-state index contributed by atoms with van der Waals surface area (Å²) < 4.78 is 41.4. The Morgan fingerprint density at radius 3 is 2.76 bits per heavy atom. The van der Waals surface area contributed by atoms with Gasteiger partial charge in [0.05, 0.1) is 12.3 Å². The molecule has 0 fully saturated rings. The second kappa shape index (κ2) is 7.11. The monoisotopic (exact) mass is 368 g/mol. The third-order valence-corrected chi connectivity index (χ3v) is 4.99. The minimum absolute atomic E-state index is 0.0594. The van der Waals surface area contributed by atoms with Gasteiger partial charge in [-0.15, -0.1) is 0 Å². The van der Waals surface area contributed by atoms with Gasteiger partial charge >= 0.3 is 0 Å². The number of rotatable bonds is 4. The van der Waals surface area contributed by atoms with Crippen LogP contribution in [0.5, 0.6) is 11.5 Å². The zero-order valence-corrected chi connectivity index (χ0v) is 15.7. The third-order valence-electron chi connectivity index (χ3n) is 3.50. The molecule has 7 nitrogen and oxygen atoms in total. The maximum absolute atomic E-state index is 13.9. The molecule has 0 amide bonds. The highest BCUT2D eigenvalue weighted by Crippen LogP contribution is 2.40. The van der Waals surface area contributed by atoms with E-state index in [1.165, 1.54) is 12.1 Å². The summed E-state index contributed by atoms with van der Waals surface area (Å²) in [6.07, 6.45) is 0. The van der Waals surface area contributed by atoms with Gasteiger partial charge in [0.25, 0.3) is 0 Å². The summed E-state index contributed by atoms with van der Waals surface area (Å²) in [5.74, 6) is 0.0343. The predicted molar refractivity (Wildman–Crippen MR) is 95.0 cm³/mol.